The van der Waals surface area contributed by atoms with Gasteiger partial charge in [0, 0.05) is 10.1 Å². The summed E-state index contributed by atoms with van der Waals surface area (Å²) in [6.45, 7) is 1.55. The van der Waals surface area contributed by atoms with Crippen LogP contribution in [0.1, 0.15) is 6.92 Å². The molecule has 1 rings (SSSR count). The molecule has 2 N–H and O–H groups in total. The van der Waals surface area contributed by atoms with Gasteiger partial charge < -0.3 is 5.11 Å². The van der Waals surface area contributed by atoms with Crippen LogP contribution in [0.3, 0.4) is 0 Å². The summed E-state index contributed by atoms with van der Waals surface area (Å²) in [4.78, 5) is 0.212. The molecular formula is C9H12INO3S. The molecule has 0 bridgehead atoms. The standard InChI is InChI=1S/C9H12INO3S/c1-7(12)6-11-15(13,14)9-4-2-8(10)3-5-9/h2-5,7,11-12H,6H2,1H3/t7-/m1/s1. The van der Waals surface area contributed by atoms with E-state index < -0.39 is 16.1 Å². The molecule has 15 heavy (non-hydrogen) atoms. The molecule has 1 aromatic carbocycles. The van der Waals surface area contributed by atoms with Crippen molar-refractivity contribution in [2.75, 3.05) is 6.54 Å². The van der Waals surface area contributed by atoms with Crippen LogP contribution in [0.25, 0.3) is 0 Å². The molecule has 0 aliphatic carbocycles. The van der Waals surface area contributed by atoms with Gasteiger partial charge in [-0.2, -0.15) is 0 Å². The fourth-order valence-electron chi connectivity index (χ4n) is 0.927. The third-order valence-corrected chi connectivity index (χ3v) is 3.85. The lowest BCUT2D eigenvalue weighted by Crippen LogP contribution is -2.30. The van der Waals surface area contributed by atoms with Gasteiger partial charge in [-0.1, -0.05) is 0 Å². The van der Waals surface area contributed by atoms with E-state index in [1.807, 2.05) is 0 Å². The van der Waals surface area contributed by atoms with Crippen molar-refractivity contribution in [3.63, 3.8) is 0 Å². The van der Waals surface area contributed by atoms with E-state index in [0.29, 0.717) is 0 Å². The summed E-state index contributed by atoms with van der Waals surface area (Å²) in [6, 6.07) is 6.51. The maximum atomic E-state index is 11.6. The van der Waals surface area contributed by atoms with Crippen LogP contribution in [0.4, 0.5) is 0 Å². The van der Waals surface area contributed by atoms with Crippen LogP contribution >= 0.6 is 22.6 Å². The van der Waals surface area contributed by atoms with Crippen LogP contribution in [0.15, 0.2) is 29.2 Å². The lowest BCUT2D eigenvalue weighted by molar-refractivity contribution is 0.198. The first-order chi connectivity index (χ1) is 6.92. The summed E-state index contributed by atoms with van der Waals surface area (Å²) in [5, 5.41) is 8.98. The minimum atomic E-state index is -3.49. The second kappa shape index (κ2) is 5.24. The van der Waals surface area contributed by atoms with Crippen molar-refractivity contribution in [2.24, 2.45) is 0 Å². The smallest absolute Gasteiger partial charge is 0.240 e. The molecule has 0 heterocycles. The predicted molar refractivity (Wildman–Crippen MR) is 66.0 cm³/mol. The highest BCUT2D eigenvalue weighted by Gasteiger charge is 2.13. The van der Waals surface area contributed by atoms with Crippen molar-refractivity contribution in [1.82, 2.24) is 4.72 Å². The predicted octanol–water partition coefficient (Wildman–Crippen LogP) is 0.950. The summed E-state index contributed by atoms with van der Waals surface area (Å²) in [5.41, 5.74) is 0. The van der Waals surface area contributed by atoms with Crippen molar-refractivity contribution < 1.29 is 13.5 Å². The van der Waals surface area contributed by atoms with Gasteiger partial charge in [0.1, 0.15) is 0 Å². The Labute approximate surface area is 103 Å². The SMILES string of the molecule is C[C@@H](O)CNS(=O)(=O)c1ccc(I)cc1. The van der Waals surface area contributed by atoms with E-state index in [9.17, 15) is 8.42 Å². The summed E-state index contributed by atoms with van der Waals surface area (Å²) in [5.74, 6) is 0. The highest BCUT2D eigenvalue weighted by molar-refractivity contribution is 14.1. The van der Waals surface area contributed by atoms with E-state index in [1.165, 1.54) is 19.1 Å². The van der Waals surface area contributed by atoms with Crippen molar-refractivity contribution in [3.8, 4) is 0 Å². The third kappa shape index (κ3) is 4.06. The summed E-state index contributed by atoms with van der Waals surface area (Å²) in [7, 11) is -3.49. The first-order valence-electron chi connectivity index (χ1n) is 4.35. The molecule has 84 valence electrons. The molecule has 0 fully saturated rings. The Bertz CT molecular complexity index is 413. The Balaban J connectivity index is 2.82. The minimum absolute atomic E-state index is 0.0221. The normalized spacial score (nSPS) is 13.8. The second-order valence-corrected chi connectivity index (χ2v) is 6.17. The highest BCUT2D eigenvalue weighted by atomic mass is 127. The topological polar surface area (TPSA) is 66.4 Å². The average Bonchev–Trinajstić information content (AvgIpc) is 2.16. The van der Waals surface area contributed by atoms with Crippen LogP contribution < -0.4 is 4.72 Å². The van der Waals surface area contributed by atoms with E-state index in [2.05, 4.69) is 27.3 Å². The van der Waals surface area contributed by atoms with E-state index in [4.69, 9.17) is 5.11 Å². The van der Waals surface area contributed by atoms with E-state index in [0.717, 1.165) is 3.57 Å². The molecular weight excluding hydrogens is 329 g/mol. The number of hydrogen-bond donors (Lipinski definition) is 2. The molecule has 0 spiro atoms. The molecule has 0 saturated heterocycles. The monoisotopic (exact) mass is 341 g/mol. The third-order valence-electron chi connectivity index (χ3n) is 1.69. The first-order valence-corrected chi connectivity index (χ1v) is 6.91. The van der Waals surface area contributed by atoms with Crippen molar-refractivity contribution in [3.05, 3.63) is 27.8 Å². The van der Waals surface area contributed by atoms with Gasteiger partial charge in [-0.25, -0.2) is 13.1 Å². The molecule has 0 aromatic heterocycles. The molecule has 4 nitrogen and oxygen atoms in total. The van der Waals surface area contributed by atoms with Crippen LogP contribution in [0, 0.1) is 3.57 Å². The largest absolute Gasteiger partial charge is 0.392 e. The summed E-state index contributed by atoms with van der Waals surface area (Å²) >= 11 is 2.10. The number of hydrogen-bond acceptors (Lipinski definition) is 3. The fraction of sp³-hybridized carbons (Fsp3) is 0.333. The molecule has 0 amide bonds. The quantitative estimate of drug-likeness (QED) is 0.802. The van der Waals surface area contributed by atoms with Gasteiger partial charge in [-0.15, -0.1) is 0 Å². The fourth-order valence-corrected chi connectivity index (χ4v) is 2.41. The number of benzene rings is 1. The zero-order valence-electron chi connectivity index (χ0n) is 8.14. The van der Waals surface area contributed by atoms with Crippen LogP contribution in [-0.2, 0) is 10.0 Å². The van der Waals surface area contributed by atoms with Gasteiger partial charge in [0.05, 0.1) is 11.0 Å². The molecule has 0 aliphatic rings. The number of nitrogens with one attached hydrogen (secondary N) is 1. The highest BCUT2D eigenvalue weighted by Crippen LogP contribution is 2.11. The Morgan fingerprint density at radius 2 is 1.93 bits per heavy atom. The van der Waals surface area contributed by atoms with Gasteiger partial charge in [0.25, 0.3) is 0 Å². The van der Waals surface area contributed by atoms with Gasteiger partial charge >= 0.3 is 0 Å². The molecule has 0 radical (unpaired) electrons. The molecule has 1 aromatic rings. The van der Waals surface area contributed by atoms with Gasteiger partial charge in [0.2, 0.25) is 10.0 Å². The Hall–Kier alpha value is -0.180. The lowest BCUT2D eigenvalue weighted by Gasteiger charge is -2.08. The molecule has 6 heteroatoms. The zero-order valence-corrected chi connectivity index (χ0v) is 11.1. The Kier molecular flexibility index (Phi) is 4.50. The minimum Gasteiger partial charge on any atom is -0.392 e. The molecule has 0 aliphatic heterocycles. The Morgan fingerprint density at radius 3 is 2.40 bits per heavy atom. The van der Waals surface area contributed by atoms with Crippen molar-refractivity contribution in [2.45, 2.75) is 17.9 Å². The van der Waals surface area contributed by atoms with E-state index in [-0.39, 0.29) is 11.4 Å². The van der Waals surface area contributed by atoms with E-state index in [1.54, 1.807) is 12.1 Å². The van der Waals surface area contributed by atoms with E-state index >= 15 is 0 Å². The van der Waals surface area contributed by atoms with Crippen LogP contribution in [0.2, 0.25) is 0 Å². The first kappa shape index (κ1) is 12.9. The number of rotatable bonds is 4. The lowest BCUT2D eigenvalue weighted by atomic mass is 10.4. The molecule has 0 unspecified atom stereocenters. The maximum absolute atomic E-state index is 11.6. The van der Waals surface area contributed by atoms with Crippen molar-refractivity contribution >= 4 is 32.6 Å². The number of aliphatic hydroxyl groups is 1. The zero-order chi connectivity index (χ0) is 11.5. The molecule has 0 saturated carbocycles. The summed E-state index contributed by atoms with van der Waals surface area (Å²) in [6.07, 6.45) is -0.691. The second-order valence-electron chi connectivity index (χ2n) is 3.15. The number of aliphatic hydroxyl groups excluding tert-OH is 1. The van der Waals surface area contributed by atoms with Crippen LogP contribution in [-0.4, -0.2) is 26.2 Å². The summed E-state index contributed by atoms with van der Waals surface area (Å²) < 4.78 is 26.5. The average molecular weight is 341 g/mol. The Morgan fingerprint density at radius 1 is 1.40 bits per heavy atom. The van der Waals surface area contributed by atoms with Gasteiger partial charge in [0.15, 0.2) is 0 Å². The maximum Gasteiger partial charge on any atom is 0.240 e. The number of halogens is 1. The van der Waals surface area contributed by atoms with Gasteiger partial charge in [-0.05, 0) is 53.8 Å². The van der Waals surface area contributed by atoms with Crippen LogP contribution in [0.5, 0.6) is 0 Å². The van der Waals surface area contributed by atoms with Crippen molar-refractivity contribution in [1.29, 1.82) is 0 Å². The number of sulfonamides is 1. The molecule has 1 atom stereocenters. The van der Waals surface area contributed by atoms with Gasteiger partial charge in [-0.3, -0.25) is 0 Å².